The lowest BCUT2D eigenvalue weighted by Crippen LogP contribution is -2.14. The predicted octanol–water partition coefficient (Wildman–Crippen LogP) is 2.67. The maximum atomic E-state index is 11.5. The summed E-state index contributed by atoms with van der Waals surface area (Å²) < 4.78 is 23.0. The quantitative estimate of drug-likeness (QED) is 0.881. The molecule has 2 rings (SSSR count). The van der Waals surface area contributed by atoms with Crippen molar-refractivity contribution >= 4 is 21.4 Å². The lowest BCUT2D eigenvalue weighted by atomic mass is 10.1. The zero-order chi connectivity index (χ0) is 17.2. The van der Waals surface area contributed by atoms with Crippen molar-refractivity contribution in [3.63, 3.8) is 0 Å². The summed E-state index contributed by atoms with van der Waals surface area (Å²) in [5, 5.41) is 3.28. The van der Waals surface area contributed by atoms with Crippen LogP contribution in [-0.4, -0.2) is 20.6 Å². The molecule has 3 N–H and O–H groups in total. The molecule has 122 valence electrons. The van der Waals surface area contributed by atoms with Crippen LogP contribution in [0.3, 0.4) is 0 Å². The van der Waals surface area contributed by atoms with Crippen LogP contribution in [0.25, 0.3) is 0 Å². The molecule has 0 saturated carbocycles. The van der Waals surface area contributed by atoms with E-state index in [4.69, 9.17) is 5.73 Å². The second-order valence-electron chi connectivity index (χ2n) is 5.60. The van der Waals surface area contributed by atoms with E-state index in [9.17, 15) is 13.2 Å². The highest BCUT2D eigenvalue weighted by Crippen LogP contribution is 2.22. The number of primary amides is 1. The Morgan fingerprint density at radius 3 is 2.26 bits per heavy atom. The molecular formula is C17H20N2O3S. The fraction of sp³-hybridized carbons (Fsp3) is 0.235. The summed E-state index contributed by atoms with van der Waals surface area (Å²) in [5.41, 5.74) is 8.39. The van der Waals surface area contributed by atoms with E-state index in [1.807, 2.05) is 26.0 Å². The molecule has 0 aliphatic carbocycles. The van der Waals surface area contributed by atoms with Gasteiger partial charge in [0, 0.05) is 23.5 Å². The average molecular weight is 332 g/mol. The molecule has 0 bridgehead atoms. The summed E-state index contributed by atoms with van der Waals surface area (Å²) in [7, 11) is -3.20. The second kappa shape index (κ2) is 6.42. The monoisotopic (exact) mass is 332 g/mol. The van der Waals surface area contributed by atoms with Gasteiger partial charge in [-0.2, -0.15) is 0 Å². The van der Waals surface area contributed by atoms with Crippen molar-refractivity contribution in [3.05, 3.63) is 59.2 Å². The van der Waals surface area contributed by atoms with Gasteiger partial charge in [-0.25, -0.2) is 8.42 Å². The van der Waals surface area contributed by atoms with Gasteiger partial charge in [-0.1, -0.05) is 18.2 Å². The van der Waals surface area contributed by atoms with Gasteiger partial charge in [0.15, 0.2) is 9.84 Å². The molecule has 1 amide bonds. The van der Waals surface area contributed by atoms with Gasteiger partial charge in [-0.15, -0.1) is 0 Å². The van der Waals surface area contributed by atoms with Crippen LogP contribution in [0.2, 0.25) is 0 Å². The summed E-state index contributed by atoms with van der Waals surface area (Å²) in [6.45, 7) is 3.79. The van der Waals surface area contributed by atoms with Crippen molar-refractivity contribution in [1.82, 2.24) is 0 Å². The molecule has 0 spiro atoms. The van der Waals surface area contributed by atoms with Gasteiger partial charge in [0.1, 0.15) is 0 Å². The topological polar surface area (TPSA) is 89.3 Å². The van der Waals surface area contributed by atoms with Crippen molar-refractivity contribution in [1.29, 1.82) is 0 Å². The number of carbonyl (C=O) groups is 1. The van der Waals surface area contributed by atoms with E-state index in [-0.39, 0.29) is 6.04 Å². The number of sulfone groups is 1. The van der Waals surface area contributed by atoms with E-state index in [0.717, 1.165) is 16.8 Å². The largest absolute Gasteiger partial charge is 0.379 e. The molecule has 0 heterocycles. The molecule has 2 aromatic rings. The summed E-state index contributed by atoms with van der Waals surface area (Å²) in [5.74, 6) is -0.462. The Kier molecular flexibility index (Phi) is 4.75. The highest BCUT2D eigenvalue weighted by Gasteiger charge is 2.11. The normalized spacial score (nSPS) is 12.7. The summed E-state index contributed by atoms with van der Waals surface area (Å²) >= 11 is 0. The van der Waals surface area contributed by atoms with E-state index in [2.05, 4.69) is 5.32 Å². The maximum absolute atomic E-state index is 11.5. The van der Waals surface area contributed by atoms with Crippen molar-refractivity contribution < 1.29 is 13.2 Å². The zero-order valence-electron chi connectivity index (χ0n) is 13.3. The second-order valence-corrected chi connectivity index (χ2v) is 7.62. The molecule has 0 aromatic heterocycles. The van der Waals surface area contributed by atoms with Gasteiger partial charge in [-0.05, 0) is 49.2 Å². The van der Waals surface area contributed by atoms with Crippen LogP contribution < -0.4 is 11.1 Å². The fourth-order valence-corrected chi connectivity index (χ4v) is 2.94. The maximum Gasteiger partial charge on any atom is 0.249 e. The van der Waals surface area contributed by atoms with Gasteiger partial charge in [0.2, 0.25) is 5.91 Å². The Morgan fingerprint density at radius 2 is 1.74 bits per heavy atom. The van der Waals surface area contributed by atoms with E-state index < -0.39 is 15.7 Å². The highest BCUT2D eigenvalue weighted by atomic mass is 32.2. The number of aryl methyl sites for hydroxylation is 1. The molecule has 23 heavy (non-hydrogen) atoms. The van der Waals surface area contributed by atoms with E-state index in [0.29, 0.717) is 10.5 Å². The number of rotatable bonds is 5. The van der Waals surface area contributed by atoms with Gasteiger partial charge < -0.3 is 11.1 Å². The van der Waals surface area contributed by atoms with Gasteiger partial charge in [0.25, 0.3) is 0 Å². The first-order valence-electron chi connectivity index (χ1n) is 7.15. The fourth-order valence-electron chi connectivity index (χ4n) is 2.31. The van der Waals surface area contributed by atoms with E-state index in [1.54, 1.807) is 30.3 Å². The van der Waals surface area contributed by atoms with Crippen LogP contribution in [0.5, 0.6) is 0 Å². The van der Waals surface area contributed by atoms with Crippen LogP contribution in [0.1, 0.15) is 34.5 Å². The summed E-state index contributed by atoms with van der Waals surface area (Å²) in [6.07, 6.45) is 1.18. The first-order valence-corrected chi connectivity index (χ1v) is 9.04. The lowest BCUT2D eigenvalue weighted by Gasteiger charge is -2.17. The molecule has 1 unspecified atom stereocenters. The summed E-state index contributed by atoms with van der Waals surface area (Å²) in [6, 6.07) is 12.1. The Labute approximate surface area is 136 Å². The standard InChI is InChI=1S/C17H20N2O3S/c1-11-4-7-14(10-16(11)17(18)20)19-12(2)13-5-8-15(9-6-13)23(3,21)22/h4-10,12,19H,1-3H3,(H2,18,20). The third-order valence-electron chi connectivity index (χ3n) is 3.69. The number of hydrogen-bond acceptors (Lipinski definition) is 4. The molecule has 2 aromatic carbocycles. The van der Waals surface area contributed by atoms with E-state index >= 15 is 0 Å². The van der Waals surface area contributed by atoms with Crippen LogP contribution in [-0.2, 0) is 9.84 Å². The Balaban J connectivity index is 2.20. The third kappa shape index (κ3) is 4.10. The molecular weight excluding hydrogens is 312 g/mol. The Bertz CT molecular complexity index is 827. The van der Waals surface area contributed by atoms with Gasteiger partial charge >= 0.3 is 0 Å². The third-order valence-corrected chi connectivity index (χ3v) is 4.82. The first-order chi connectivity index (χ1) is 10.7. The Morgan fingerprint density at radius 1 is 1.13 bits per heavy atom. The zero-order valence-corrected chi connectivity index (χ0v) is 14.1. The van der Waals surface area contributed by atoms with Crippen molar-refractivity contribution in [2.45, 2.75) is 24.8 Å². The van der Waals surface area contributed by atoms with Crippen LogP contribution in [0, 0.1) is 6.92 Å². The first kappa shape index (κ1) is 17.0. The number of anilines is 1. The SMILES string of the molecule is Cc1ccc(NC(C)c2ccc(S(C)(=O)=O)cc2)cc1C(N)=O. The van der Waals surface area contributed by atoms with Crippen LogP contribution >= 0.6 is 0 Å². The minimum absolute atomic E-state index is 0.0490. The van der Waals surface area contributed by atoms with Gasteiger partial charge in [0.05, 0.1) is 4.90 Å². The molecule has 6 heteroatoms. The molecule has 0 radical (unpaired) electrons. The number of nitrogens with two attached hydrogens (primary N) is 1. The minimum atomic E-state index is -3.20. The smallest absolute Gasteiger partial charge is 0.249 e. The molecule has 5 nitrogen and oxygen atoms in total. The van der Waals surface area contributed by atoms with E-state index in [1.165, 1.54) is 6.26 Å². The van der Waals surface area contributed by atoms with Crippen molar-refractivity contribution in [2.75, 3.05) is 11.6 Å². The number of hydrogen-bond donors (Lipinski definition) is 2. The molecule has 0 saturated heterocycles. The minimum Gasteiger partial charge on any atom is -0.379 e. The molecule has 0 fully saturated rings. The summed E-state index contributed by atoms with van der Waals surface area (Å²) in [4.78, 5) is 11.7. The van der Waals surface area contributed by atoms with Crippen LogP contribution in [0.4, 0.5) is 5.69 Å². The number of carbonyl (C=O) groups excluding carboxylic acids is 1. The Hall–Kier alpha value is -2.34. The molecule has 0 aliphatic heterocycles. The number of nitrogens with one attached hydrogen (secondary N) is 1. The van der Waals surface area contributed by atoms with Crippen LogP contribution in [0.15, 0.2) is 47.4 Å². The highest BCUT2D eigenvalue weighted by molar-refractivity contribution is 7.90. The van der Waals surface area contributed by atoms with Crippen molar-refractivity contribution in [2.24, 2.45) is 5.73 Å². The van der Waals surface area contributed by atoms with Crippen molar-refractivity contribution in [3.8, 4) is 0 Å². The lowest BCUT2D eigenvalue weighted by molar-refractivity contribution is 0.0999. The van der Waals surface area contributed by atoms with Gasteiger partial charge in [-0.3, -0.25) is 4.79 Å². The number of benzene rings is 2. The number of amides is 1. The molecule has 1 atom stereocenters. The molecule has 0 aliphatic rings. The predicted molar refractivity (Wildman–Crippen MR) is 91.3 cm³/mol. The average Bonchev–Trinajstić information content (AvgIpc) is 2.48.